The maximum atomic E-state index is 12.6. The molecule has 1 aromatic rings. The van der Waals surface area contributed by atoms with Crippen molar-refractivity contribution < 1.29 is 28.0 Å². The number of rotatable bonds is 6. The molecule has 2 amide bonds. The molecule has 120 valence electrons. The SMILES string of the molecule is Cc1nc(C=NO)cnc1C(=O)NCC(=O)NC(F)C(F)F. The van der Waals surface area contributed by atoms with Gasteiger partial charge in [0.1, 0.15) is 11.4 Å². The summed E-state index contributed by atoms with van der Waals surface area (Å²) in [5.74, 6) is -1.91. The fourth-order valence-corrected chi connectivity index (χ4v) is 1.36. The lowest BCUT2D eigenvalue weighted by Gasteiger charge is -2.10. The zero-order valence-corrected chi connectivity index (χ0v) is 11.3. The number of carbonyl (C=O) groups is 2. The Hall–Kier alpha value is -2.72. The van der Waals surface area contributed by atoms with E-state index in [9.17, 15) is 22.8 Å². The van der Waals surface area contributed by atoms with Crippen molar-refractivity contribution >= 4 is 18.0 Å². The summed E-state index contributed by atoms with van der Waals surface area (Å²) in [6.07, 6.45) is -4.01. The van der Waals surface area contributed by atoms with Crippen LogP contribution in [0.5, 0.6) is 0 Å². The van der Waals surface area contributed by atoms with Crippen LogP contribution in [0.2, 0.25) is 0 Å². The van der Waals surface area contributed by atoms with Crippen LogP contribution < -0.4 is 10.6 Å². The van der Waals surface area contributed by atoms with Gasteiger partial charge in [0.05, 0.1) is 24.7 Å². The maximum absolute atomic E-state index is 12.6. The Labute approximate surface area is 122 Å². The summed E-state index contributed by atoms with van der Waals surface area (Å²) in [5, 5.41) is 14.5. The number of aromatic nitrogens is 2. The van der Waals surface area contributed by atoms with Crippen molar-refractivity contribution in [2.24, 2.45) is 5.16 Å². The summed E-state index contributed by atoms with van der Waals surface area (Å²) in [7, 11) is 0. The molecule has 11 heteroatoms. The highest BCUT2D eigenvalue weighted by Crippen LogP contribution is 2.02. The summed E-state index contributed by atoms with van der Waals surface area (Å²) >= 11 is 0. The lowest BCUT2D eigenvalue weighted by molar-refractivity contribution is -0.124. The van der Waals surface area contributed by atoms with Gasteiger partial charge in [-0.3, -0.25) is 9.59 Å². The van der Waals surface area contributed by atoms with Crippen molar-refractivity contribution in [3.63, 3.8) is 0 Å². The van der Waals surface area contributed by atoms with Gasteiger partial charge in [-0.25, -0.2) is 23.1 Å². The Morgan fingerprint density at radius 1 is 1.45 bits per heavy atom. The molecule has 1 atom stereocenters. The van der Waals surface area contributed by atoms with Gasteiger partial charge in [0.25, 0.3) is 12.3 Å². The highest BCUT2D eigenvalue weighted by Gasteiger charge is 2.21. The number of alkyl halides is 3. The minimum absolute atomic E-state index is 0.117. The van der Waals surface area contributed by atoms with Gasteiger partial charge < -0.3 is 15.8 Å². The summed E-state index contributed by atoms with van der Waals surface area (Å²) in [4.78, 5) is 30.5. The first-order valence-corrected chi connectivity index (χ1v) is 5.86. The van der Waals surface area contributed by atoms with Crippen molar-refractivity contribution in [3.8, 4) is 0 Å². The Kier molecular flexibility index (Phi) is 6.23. The first kappa shape index (κ1) is 17.3. The van der Waals surface area contributed by atoms with Gasteiger partial charge in [-0.2, -0.15) is 0 Å². The van der Waals surface area contributed by atoms with Crippen LogP contribution in [-0.4, -0.2) is 52.5 Å². The minimum Gasteiger partial charge on any atom is -0.411 e. The number of halogens is 3. The molecule has 1 rings (SSSR count). The van der Waals surface area contributed by atoms with E-state index in [1.807, 2.05) is 0 Å². The number of hydrogen-bond acceptors (Lipinski definition) is 6. The Morgan fingerprint density at radius 3 is 2.68 bits per heavy atom. The predicted octanol–water partition coefficient (Wildman–Crippen LogP) is -0.000180. The largest absolute Gasteiger partial charge is 0.411 e. The van der Waals surface area contributed by atoms with Gasteiger partial charge in [0, 0.05) is 0 Å². The number of nitrogens with zero attached hydrogens (tertiary/aromatic N) is 3. The average Bonchev–Trinajstić information content (AvgIpc) is 2.45. The first-order chi connectivity index (χ1) is 10.3. The quantitative estimate of drug-likeness (QED) is 0.295. The molecular formula is C11H12F3N5O3. The number of amides is 2. The standard InChI is InChI=1S/C11H12F3N5O3/c1-5-8(15-2-6(18-5)3-17-22)11(21)16-4-7(20)19-10(14)9(12)13/h2-3,9-10,22H,4H2,1H3,(H,16,21)(H,19,20). The number of hydrogen-bond donors (Lipinski definition) is 3. The molecule has 0 saturated carbocycles. The van der Waals surface area contributed by atoms with Crippen LogP contribution in [0.1, 0.15) is 21.9 Å². The molecule has 0 fully saturated rings. The first-order valence-electron chi connectivity index (χ1n) is 5.86. The molecule has 8 nitrogen and oxygen atoms in total. The monoisotopic (exact) mass is 319 g/mol. The Balaban J connectivity index is 2.61. The highest BCUT2D eigenvalue weighted by molar-refractivity contribution is 5.95. The van der Waals surface area contributed by atoms with E-state index in [1.165, 1.54) is 12.2 Å². The van der Waals surface area contributed by atoms with E-state index in [1.54, 1.807) is 0 Å². The van der Waals surface area contributed by atoms with E-state index >= 15 is 0 Å². The third-order valence-electron chi connectivity index (χ3n) is 2.30. The van der Waals surface area contributed by atoms with Gasteiger partial charge in [-0.1, -0.05) is 5.16 Å². The summed E-state index contributed by atoms with van der Waals surface area (Å²) in [6.45, 7) is 0.748. The molecule has 0 aromatic carbocycles. The van der Waals surface area contributed by atoms with E-state index in [4.69, 9.17) is 5.21 Å². The van der Waals surface area contributed by atoms with E-state index in [0.717, 1.165) is 12.4 Å². The number of aryl methyl sites for hydroxylation is 1. The van der Waals surface area contributed by atoms with Gasteiger partial charge in [-0.15, -0.1) is 0 Å². The number of oxime groups is 1. The van der Waals surface area contributed by atoms with Crippen LogP contribution in [0.4, 0.5) is 13.2 Å². The number of nitrogens with one attached hydrogen (secondary N) is 2. The molecular weight excluding hydrogens is 307 g/mol. The summed E-state index contributed by atoms with van der Waals surface area (Å²) in [5.41, 5.74) is 0.270. The van der Waals surface area contributed by atoms with Gasteiger partial charge in [0.15, 0.2) is 0 Å². The van der Waals surface area contributed by atoms with Crippen molar-refractivity contribution in [2.75, 3.05) is 6.54 Å². The normalized spacial score (nSPS) is 12.4. The predicted molar refractivity (Wildman–Crippen MR) is 67.5 cm³/mol. The summed E-state index contributed by atoms with van der Waals surface area (Å²) < 4.78 is 36.3. The molecule has 3 N–H and O–H groups in total. The van der Waals surface area contributed by atoms with E-state index in [2.05, 4.69) is 20.4 Å². The van der Waals surface area contributed by atoms with Crippen LogP contribution in [0, 0.1) is 6.92 Å². The average molecular weight is 319 g/mol. The molecule has 0 bridgehead atoms. The molecule has 0 aliphatic rings. The van der Waals surface area contributed by atoms with Crippen molar-refractivity contribution in [1.29, 1.82) is 0 Å². The van der Waals surface area contributed by atoms with Crippen LogP contribution in [0.25, 0.3) is 0 Å². The zero-order chi connectivity index (χ0) is 16.7. The molecule has 22 heavy (non-hydrogen) atoms. The van der Waals surface area contributed by atoms with Crippen LogP contribution in [0.3, 0.4) is 0 Å². The van der Waals surface area contributed by atoms with Crippen LogP contribution in [0.15, 0.2) is 11.4 Å². The van der Waals surface area contributed by atoms with E-state index < -0.39 is 31.1 Å². The molecule has 0 saturated heterocycles. The lowest BCUT2D eigenvalue weighted by Crippen LogP contribution is -2.43. The fourth-order valence-electron chi connectivity index (χ4n) is 1.36. The van der Waals surface area contributed by atoms with Crippen molar-refractivity contribution in [2.45, 2.75) is 19.6 Å². The summed E-state index contributed by atoms with van der Waals surface area (Å²) in [6, 6.07) is 0. The lowest BCUT2D eigenvalue weighted by atomic mass is 10.3. The third kappa shape index (κ3) is 5.00. The van der Waals surface area contributed by atoms with Crippen molar-refractivity contribution in [1.82, 2.24) is 20.6 Å². The Bertz CT molecular complexity index is 582. The van der Waals surface area contributed by atoms with E-state index in [0.29, 0.717) is 0 Å². The molecule has 0 aliphatic heterocycles. The van der Waals surface area contributed by atoms with Crippen molar-refractivity contribution in [3.05, 3.63) is 23.3 Å². The number of carbonyl (C=O) groups excluding carboxylic acids is 2. The topological polar surface area (TPSA) is 117 Å². The molecule has 0 spiro atoms. The molecule has 1 unspecified atom stereocenters. The van der Waals surface area contributed by atoms with Gasteiger partial charge in [-0.05, 0) is 6.92 Å². The second kappa shape index (κ2) is 7.90. The molecule has 1 aromatic heterocycles. The Morgan fingerprint density at radius 2 is 2.14 bits per heavy atom. The van der Waals surface area contributed by atoms with Crippen LogP contribution in [-0.2, 0) is 4.79 Å². The van der Waals surface area contributed by atoms with Gasteiger partial charge >= 0.3 is 0 Å². The zero-order valence-electron chi connectivity index (χ0n) is 11.3. The van der Waals surface area contributed by atoms with Crippen LogP contribution >= 0.6 is 0 Å². The molecule has 0 radical (unpaired) electrons. The minimum atomic E-state index is -3.35. The highest BCUT2D eigenvalue weighted by atomic mass is 19.3. The second-order valence-electron chi connectivity index (χ2n) is 3.96. The molecule has 1 heterocycles. The van der Waals surface area contributed by atoms with E-state index in [-0.39, 0.29) is 17.1 Å². The second-order valence-corrected chi connectivity index (χ2v) is 3.96. The van der Waals surface area contributed by atoms with Gasteiger partial charge in [0.2, 0.25) is 12.2 Å². The fraction of sp³-hybridized carbons (Fsp3) is 0.364. The molecule has 0 aliphatic carbocycles. The smallest absolute Gasteiger partial charge is 0.287 e. The third-order valence-corrected chi connectivity index (χ3v) is 2.30. The maximum Gasteiger partial charge on any atom is 0.287 e.